The Labute approximate surface area is 109 Å². The van der Waals surface area contributed by atoms with Gasteiger partial charge in [0, 0.05) is 18.0 Å². The van der Waals surface area contributed by atoms with E-state index < -0.39 is 0 Å². The molecule has 3 nitrogen and oxygen atoms in total. The minimum atomic E-state index is 0.232. The summed E-state index contributed by atoms with van der Waals surface area (Å²) in [4.78, 5) is 4.47. The zero-order valence-corrected chi connectivity index (χ0v) is 10.5. The van der Waals surface area contributed by atoms with Crippen LogP contribution in [0.5, 0.6) is 5.75 Å². The summed E-state index contributed by atoms with van der Waals surface area (Å²) in [5, 5.41) is 10.5. The molecule has 90 valence electrons. The third-order valence-electron chi connectivity index (χ3n) is 2.84. The highest BCUT2D eigenvalue weighted by Gasteiger charge is 2.09. The van der Waals surface area contributed by atoms with Gasteiger partial charge < -0.3 is 9.51 Å². The lowest BCUT2D eigenvalue weighted by Crippen LogP contribution is -1.80. The van der Waals surface area contributed by atoms with Gasteiger partial charge in [0.1, 0.15) is 11.4 Å². The van der Waals surface area contributed by atoms with Gasteiger partial charge in [0.2, 0.25) is 0 Å². The van der Waals surface area contributed by atoms with E-state index in [1.807, 2.05) is 35.7 Å². The number of rotatable bonds is 1. The molecule has 0 spiro atoms. The zero-order chi connectivity index (χ0) is 12.7. The van der Waals surface area contributed by atoms with E-state index in [0.717, 1.165) is 22.5 Å². The molecule has 0 aliphatic heterocycles. The molecule has 0 radical (unpaired) electrons. The van der Waals surface area contributed by atoms with Gasteiger partial charge >= 0.3 is 0 Å². The Morgan fingerprint density at radius 2 is 2.00 bits per heavy atom. The van der Waals surface area contributed by atoms with Crippen LogP contribution in [0.2, 0.25) is 5.02 Å². The monoisotopic (exact) mass is 258 g/mol. The van der Waals surface area contributed by atoms with Crippen molar-refractivity contribution in [3.05, 3.63) is 53.3 Å². The molecular weight excluding hydrogens is 248 g/mol. The third-order valence-corrected chi connectivity index (χ3v) is 3.07. The van der Waals surface area contributed by atoms with E-state index in [1.165, 1.54) is 0 Å². The molecule has 0 fully saturated rings. The number of hydrogen-bond acceptors (Lipinski definition) is 2. The van der Waals surface area contributed by atoms with Crippen molar-refractivity contribution in [3.8, 4) is 17.0 Å². The van der Waals surface area contributed by atoms with Gasteiger partial charge in [0.15, 0.2) is 0 Å². The van der Waals surface area contributed by atoms with Crippen LogP contribution in [0.25, 0.3) is 16.9 Å². The highest BCUT2D eigenvalue weighted by molar-refractivity contribution is 6.30. The Morgan fingerprint density at radius 3 is 2.83 bits per heavy atom. The van der Waals surface area contributed by atoms with Crippen LogP contribution in [0.1, 0.15) is 5.56 Å². The van der Waals surface area contributed by atoms with Gasteiger partial charge in [0.25, 0.3) is 0 Å². The van der Waals surface area contributed by atoms with Crippen molar-refractivity contribution in [1.82, 2.24) is 9.38 Å². The lowest BCUT2D eigenvalue weighted by molar-refractivity contribution is 0.477. The number of imidazole rings is 1. The van der Waals surface area contributed by atoms with Crippen molar-refractivity contribution in [2.75, 3.05) is 0 Å². The van der Waals surface area contributed by atoms with Crippen LogP contribution in [-0.4, -0.2) is 14.5 Å². The van der Waals surface area contributed by atoms with Crippen LogP contribution >= 0.6 is 11.6 Å². The average Bonchev–Trinajstić information content (AvgIpc) is 2.74. The predicted molar refractivity (Wildman–Crippen MR) is 72.0 cm³/mol. The summed E-state index contributed by atoms with van der Waals surface area (Å²) >= 11 is 5.93. The first-order valence-corrected chi connectivity index (χ1v) is 5.95. The number of phenols is 1. The van der Waals surface area contributed by atoms with Gasteiger partial charge in [0.05, 0.1) is 10.7 Å². The van der Waals surface area contributed by atoms with Crippen LogP contribution in [0.15, 0.2) is 42.7 Å². The lowest BCUT2D eigenvalue weighted by atomic mass is 10.1. The van der Waals surface area contributed by atoms with E-state index in [0.29, 0.717) is 5.02 Å². The molecule has 0 bridgehead atoms. The molecular formula is C14H11ClN2O. The largest absolute Gasteiger partial charge is 0.507 e. The van der Waals surface area contributed by atoms with Gasteiger partial charge in [-0.25, -0.2) is 4.98 Å². The highest BCUT2D eigenvalue weighted by atomic mass is 35.5. The summed E-state index contributed by atoms with van der Waals surface area (Å²) in [7, 11) is 0. The molecule has 0 saturated heterocycles. The minimum Gasteiger partial charge on any atom is -0.507 e. The smallest absolute Gasteiger partial charge is 0.137 e. The number of halogens is 1. The first kappa shape index (κ1) is 11.1. The number of fused-ring (bicyclic) bond motifs is 1. The molecule has 3 rings (SSSR count). The Morgan fingerprint density at radius 1 is 1.17 bits per heavy atom. The first-order chi connectivity index (χ1) is 8.63. The topological polar surface area (TPSA) is 37.5 Å². The number of benzene rings is 1. The van der Waals surface area contributed by atoms with Crippen molar-refractivity contribution in [1.29, 1.82) is 0 Å². The number of pyridine rings is 1. The molecule has 4 heteroatoms. The van der Waals surface area contributed by atoms with E-state index >= 15 is 0 Å². The summed E-state index contributed by atoms with van der Waals surface area (Å²) in [5.74, 6) is 0.232. The van der Waals surface area contributed by atoms with E-state index in [4.69, 9.17) is 11.6 Å². The summed E-state index contributed by atoms with van der Waals surface area (Å²) in [6, 6.07) is 9.11. The summed E-state index contributed by atoms with van der Waals surface area (Å²) in [5.41, 5.74) is 3.35. The standard InChI is InChI=1S/C14H11ClN2O/c1-9-2-4-13(18)11(6-9)12-8-17-7-10(15)3-5-14(17)16-12/h2-8,18H,1H3. The fourth-order valence-electron chi connectivity index (χ4n) is 1.95. The summed E-state index contributed by atoms with van der Waals surface area (Å²) in [6.07, 6.45) is 3.65. The number of aryl methyl sites for hydroxylation is 1. The second kappa shape index (κ2) is 4.03. The Hall–Kier alpha value is -2.00. The number of hydrogen-bond donors (Lipinski definition) is 1. The van der Waals surface area contributed by atoms with E-state index in [2.05, 4.69) is 4.98 Å². The fourth-order valence-corrected chi connectivity index (χ4v) is 2.12. The number of aromatic nitrogens is 2. The number of phenolic OH excluding ortho intramolecular Hbond substituents is 1. The lowest BCUT2D eigenvalue weighted by Gasteiger charge is -2.01. The Bertz CT molecular complexity index is 734. The van der Waals surface area contributed by atoms with Crippen molar-refractivity contribution in [3.63, 3.8) is 0 Å². The second-order valence-corrected chi connectivity index (χ2v) is 4.70. The number of aromatic hydroxyl groups is 1. The summed E-state index contributed by atoms with van der Waals surface area (Å²) in [6.45, 7) is 1.98. The van der Waals surface area contributed by atoms with Crippen LogP contribution < -0.4 is 0 Å². The quantitative estimate of drug-likeness (QED) is 0.723. The van der Waals surface area contributed by atoms with Gasteiger partial charge in [-0.2, -0.15) is 0 Å². The molecule has 1 N–H and O–H groups in total. The molecule has 1 aromatic carbocycles. The van der Waals surface area contributed by atoms with Crippen molar-refractivity contribution in [2.24, 2.45) is 0 Å². The third kappa shape index (κ3) is 1.83. The minimum absolute atomic E-state index is 0.232. The molecule has 0 atom stereocenters. The maximum atomic E-state index is 9.89. The molecule has 0 aliphatic rings. The van der Waals surface area contributed by atoms with Gasteiger partial charge in [-0.1, -0.05) is 23.2 Å². The van der Waals surface area contributed by atoms with Gasteiger partial charge in [-0.3, -0.25) is 0 Å². The molecule has 0 unspecified atom stereocenters. The van der Waals surface area contributed by atoms with Crippen LogP contribution in [0, 0.1) is 6.92 Å². The maximum Gasteiger partial charge on any atom is 0.137 e. The van der Waals surface area contributed by atoms with Gasteiger partial charge in [-0.15, -0.1) is 0 Å². The highest BCUT2D eigenvalue weighted by Crippen LogP contribution is 2.29. The van der Waals surface area contributed by atoms with Crippen LogP contribution in [0.4, 0.5) is 0 Å². The number of nitrogens with zero attached hydrogens (tertiary/aromatic N) is 2. The van der Waals surface area contributed by atoms with Crippen molar-refractivity contribution >= 4 is 17.2 Å². The van der Waals surface area contributed by atoms with Crippen molar-refractivity contribution < 1.29 is 5.11 Å². The van der Waals surface area contributed by atoms with Crippen LogP contribution in [-0.2, 0) is 0 Å². The van der Waals surface area contributed by atoms with E-state index in [-0.39, 0.29) is 5.75 Å². The maximum absolute atomic E-state index is 9.89. The fraction of sp³-hybridized carbons (Fsp3) is 0.0714. The first-order valence-electron chi connectivity index (χ1n) is 5.58. The molecule has 0 aliphatic carbocycles. The van der Waals surface area contributed by atoms with E-state index in [1.54, 1.807) is 18.3 Å². The van der Waals surface area contributed by atoms with E-state index in [9.17, 15) is 5.11 Å². The summed E-state index contributed by atoms with van der Waals surface area (Å²) < 4.78 is 1.85. The molecule has 18 heavy (non-hydrogen) atoms. The predicted octanol–water partition coefficient (Wildman–Crippen LogP) is 3.67. The average molecular weight is 259 g/mol. The van der Waals surface area contributed by atoms with Gasteiger partial charge in [-0.05, 0) is 31.2 Å². The van der Waals surface area contributed by atoms with Crippen molar-refractivity contribution in [2.45, 2.75) is 6.92 Å². The molecule has 0 saturated carbocycles. The van der Waals surface area contributed by atoms with Crippen LogP contribution in [0.3, 0.4) is 0 Å². The molecule has 3 aromatic rings. The molecule has 2 aromatic heterocycles. The molecule has 2 heterocycles. The zero-order valence-electron chi connectivity index (χ0n) is 9.76. The molecule has 0 amide bonds. The normalized spacial score (nSPS) is 11.0. The SMILES string of the molecule is Cc1ccc(O)c(-c2cn3cc(Cl)ccc3n2)c1. The second-order valence-electron chi connectivity index (χ2n) is 4.26. The Balaban J connectivity index is 2.22. The Kier molecular flexibility index (Phi) is 2.49.